The Bertz CT molecular complexity index is 614. The Hall–Kier alpha value is -1.39. The lowest BCUT2D eigenvalue weighted by molar-refractivity contribution is -0.127. The maximum atomic E-state index is 13.0. The first-order chi connectivity index (χ1) is 12.7. The van der Waals surface area contributed by atoms with E-state index in [0.717, 1.165) is 39.1 Å². The van der Waals surface area contributed by atoms with Gasteiger partial charge in [0.25, 0.3) is 0 Å². The zero-order valence-corrected chi connectivity index (χ0v) is 16.0. The Kier molecular flexibility index (Phi) is 5.32. The number of nitrogens with one attached hydrogen (secondary N) is 1. The van der Waals surface area contributed by atoms with Crippen molar-refractivity contribution in [3.8, 4) is 0 Å². The molecule has 0 aromatic heterocycles. The van der Waals surface area contributed by atoms with Crippen LogP contribution in [0.2, 0.25) is 0 Å². The minimum atomic E-state index is 0.131. The van der Waals surface area contributed by atoms with Crippen LogP contribution in [0.4, 0.5) is 0 Å². The van der Waals surface area contributed by atoms with Crippen molar-refractivity contribution in [1.82, 2.24) is 10.2 Å². The van der Waals surface area contributed by atoms with Crippen molar-refractivity contribution >= 4 is 5.91 Å². The minimum Gasteiger partial charge on any atom is -0.381 e. The first-order valence-corrected chi connectivity index (χ1v) is 10.4. The molecule has 1 aromatic carbocycles. The summed E-state index contributed by atoms with van der Waals surface area (Å²) in [5, 5.41) is 3.32. The van der Waals surface area contributed by atoms with Crippen LogP contribution in [0.1, 0.15) is 57.1 Å². The molecule has 26 heavy (non-hydrogen) atoms. The van der Waals surface area contributed by atoms with E-state index in [4.69, 9.17) is 4.74 Å². The number of hydrogen-bond acceptors (Lipinski definition) is 3. The first kappa shape index (κ1) is 18.0. The van der Waals surface area contributed by atoms with Crippen molar-refractivity contribution < 1.29 is 9.53 Å². The highest BCUT2D eigenvalue weighted by Crippen LogP contribution is 2.45. The normalized spacial score (nSPS) is 30.0. The van der Waals surface area contributed by atoms with Gasteiger partial charge in [-0.2, -0.15) is 0 Å². The van der Waals surface area contributed by atoms with Gasteiger partial charge >= 0.3 is 0 Å². The van der Waals surface area contributed by atoms with Crippen LogP contribution in [0.3, 0.4) is 0 Å². The number of fused-ring (bicyclic) bond motifs is 1. The number of hydrogen-bond donors (Lipinski definition) is 1. The van der Waals surface area contributed by atoms with Crippen molar-refractivity contribution in [2.75, 3.05) is 26.3 Å². The average Bonchev–Trinajstić information content (AvgIpc) is 3.23. The molecule has 2 heterocycles. The van der Waals surface area contributed by atoms with Crippen molar-refractivity contribution in [3.05, 3.63) is 35.9 Å². The number of amides is 1. The zero-order valence-electron chi connectivity index (χ0n) is 16.0. The van der Waals surface area contributed by atoms with Crippen molar-refractivity contribution in [3.63, 3.8) is 0 Å². The summed E-state index contributed by atoms with van der Waals surface area (Å²) in [6.07, 6.45) is 6.95. The van der Waals surface area contributed by atoms with Gasteiger partial charge in [-0.25, -0.2) is 0 Å². The quantitative estimate of drug-likeness (QED) is 0.812. The predicted molar refractivity (Wildman–Crippen MR) is 103 cm³/mol. The van der Waals surface area contributed by atoms with Gasteiger partial charge in [0.15, 0.2) is 0 Å². The standard InChI is InChI=1S/C22H32N2O2/c1-2-26-16-22(11-7-12-22)15-23-21(25)18-14-20(17-8-4-3-5-9-17)24-13-6-10-19(18)24/h3-5,8-9,18-20H,2,6-7,10-16H2,1H3,(H,23,25)/t18-,19+,20-/m0/s1. The molecule has 0 spiro atoms. The largest absolute Gasteiger partial charge is 0.381 e. The molecular formula is C22H32N2O2. The monoisotopic (exact) mass is 356 g/mol. The summed E-state index contributed by atoms with van der Waals surface area (Å²) in [5.41, 5.74) is 1.56. The van der Waals surface area contributed by atoms with Gasteiger partial charge in [0.1, 0.15) is 0 Å². The van der Waals surface area contributed by atoms with Gasteiger partial charge in [0, 0.05) is 30.7 Å². The highest BCUT2D eigenvalue weighted by Gasteiger charge is 2.47. The summed E-state index contributed by atoms with van der Waals surface area (Å²) in [6.45, 7) is 5.50. The summed E-state index contributed by atoms with van der Waals surface area (Å²) < 4.78 is 5.68. The molecule has 1 aromatic rings. The van der Waals surface area contributed by atoms with Crippen LogP contribution >= 0.6 is 0 Å². The number of benzene rings is 1. The van der Waals surface area contributed by atoms with E-state index < -0.39 is 0 Å². The molecule has 4 nitrogen and oxygen atoms in total. The smallest absolute Gasteiger partial charge is 0.224 e. The fourth-order valence-corrected chi connectivity index (χ4v) is 5.22. The van der Waals surface area contributed by atoms with E-state index >= 15 is 0 Å². The van der Waals surface area contributed by atoms with Crippen LogP contribution in [0.15, 0.2) is 30.3 Å². The minimum absolute atomic E-state index is 0.131. The van der Waals surface area contributed by atoms with Gasteiger partial charge in [0.2, 0.25) is 5.91 Å². The van der Waals surface area contributed by atoms with Gasteiger partial charge in [-0.1, -0.05) is 36.8 Å². The molecule has 3 fully saturated rings. The van der Waals surface area contributed by atoms with Gasteiger partial charge in [-0.05, 0) is 51.1 Å². The number of ether oxygens (including phenoxy) is 1. The molecule has 1 N–H and O–H groups in total. The summed E-state index contributed by atoms with van der Waals surface area (Å²) in [7, 11) is 0. The van der Waals surface area contributed by atoms with E-state index in [2.05, 4.69) is 40.5 Å². The molecule has 3 atom stereocenters. The summed E-state index contributed by atoms with van der Waals surface area (Å²) in [4.78, 5) is 15.6. The Labute approximate surface area is 157 Å². The number of carbonyl (C=O) groups excluding carboxylic acids is 1. The third-order valence-electron chi connectivity index (χ3n) is 6.87. The Balaban J connectivity index is 1.40. The molecule has 0 radical (unpaired) electrons. The average molecular weight is 357 g/mol. The molecule has 1 saturated carbocycles. The van der Waals surface area contributed by atoms with E-state index in [0.29, 0.717) is 12.1 Å². The summed E-state index contributed by atoms with van der Waals surface area (Å²) in [5.74, 6) is 0.398. The first-order valence-electron chi connectivity index (χ1n) is 10.4. The molecule has 2 aliphatic heterocycles. The third kappa shape index (κ3) is 3.41. The highest BCUT2D eigenvalue weighted by molar-refractivity contribution is 5.80. The van der Waals surface area contributed by atoms with Crippen LogP contribution in [-0.4, -0.2) is 43.2 Å². The molecule has 1 amide bonds. The van der Waals surface area contributed by atoms with E-state index in [9.17, 15) is 4.79 Å². The predicted octanol–water partition coefficient (Wildman–Crippen LogP) is 3.54. The molecule has 2 saturated heterocycles. The molecular weight excluding hydrogens is 324 g/mol. The van der Waals surface area contributed by atoms with E-state index in [-0.39, 0.29) is 17.2 Å². The Morgan fingerprint density at radius 1 is 1.27 bits per heavy atom. The van der Waals surface area contributed by atoms with Gasteiger partial charge in [-0.15, -0.1) is 0 Å². The molecule has 0 bridgehead atoms. The zero-order chi connectivity index (χ0) is 18.0. The van der Waals surface area contributed by atoms with E-state index in [1.807, 2.05) is 6.92 Å². The molecule has 4 heteroatoms. The Morgan fingerprint density at radius 3 is 2.77 bits per heavy atom. The second kappa shape index (κ2) is 7.69. The van der Waals surface area contributed by atoms with Crippen molar-refractivity contribution in [1.29, 1.82) is 0 Å². The van der Waals surface area contributed by atoms with E-state index in [1.165, 1.54) is 31.2 Å². The molecule has 142 valence electrons. The number of carbonyl (C=O) groups is 1. The van der Waals surface area contributed by atoms with E-state index in [1.54, 1.807) is 0 Å². The van der Waals surface area contributed by atoms with Crippen LogP contribution < -0.4 is 5.32 Å². The van der Waals surface area contributed by atoms with Gasteiger partial charge in [0.05, 0.1) is 12.5 Å². The molecule has 0 unspecified atom stereocenters. The molecule has 4 rings (SSSR count). The lowest BCUT2D eigenvalue weighted by Crippen LogP contribution is -2.47. The maximum Gasteiger partial charge on any atom is 0.224 e. The lowest BCUT2D eigenvalue weighted by Gasteiger charge is -2.42. The van der Waals surface area contributed by atoms with Crippen molar-refractivity contribution in [2.24, 2.45) is 11.3 Å². The second-order valence-corrected chi connectivity index (χ2v) is 8.42. The van der Waals surface area contributed by atoms with Gasteiger partial charge < -0.3 is 10.1 Å². The number of nitrogens with zero attached hydrogens (tertiary/aromatic N) is 1. The van der Waals surface area contributed by atoms with Crippen molar-refractivity contribution in [2.45, 2.75) is 57.5 Å². The topological polar surface area (TPSA) is 41.6 Å². The lowest BCUT2D eigenvalue weighted by atomic mass is 9.69. The summed E-state index contributed by atoms with van der Waals surface area (Å²) in [6, 6.07) is 11.5. The van der Waals surface area contributed by atoms with Crippen LogP contribution in [0.25, 0.3) is 0 Å². The fraction of sp³-hybridized carbons (Fsp3) is 0.682. The molecule has 1 aliphatic carbocycles. The maximum absolute atomic E-state index is 13.0. The number of rotatable bonds is 7. The second-order valence-electron chi connectivity index (χ2n) is 8.42. The fourth-order valence-electron chi connectivity index (χ4n) is 5.22. The summed E-state index contributed by atoms with van der Waals surface area (Å²) >= 11 is 0. The highest BCUT2D eigenvalue weighted by atomic mass is 16.5. The third-order valence-corrected chi connectivity index (χ3v) is 6.87. The molecule has 3 aliphatic rings. The SMILES string of the molecule is CCOCC1(CNC(=O)[C@H]2C[C@@H](c3ccccc3)N3CCC[C@H]23)CCC1. The van der Waals surface area contributed by atoms with Crippen LogP contribution in [-0.2, 0) is 9.53 Å². The van der Waals surface area contributed by atoms with Gasteiger partial charge in [-0.3, -0.25) is 9.69 Å². The van der Waals surface area contributed by atoms with Crippen LogP contribution in [0.5, 0.6) is 0 Å². The Morgan fingerprint density at radius 2 is 2.08 bits per heavy atom. The van der Waals surface area contributed by atoms with Crippen LogP contribution in [0, 0.1) is 11.3 Å².